The number of para-hydroxylation sites is 1. The average molecular weight is 201 g/mol. The number of fused-ring (bicyclic) bond motifs is 1. The highest BCUT2D eigenvalue weighted by Gasteiger charge is 2.38. The summed E-state index contributed by atoms with van der Waals surface area (Å²) in [4.78, 5) is 2.32. The van der Waals surface area contributed by atoms with Crippen LogP contribution in [0, 0.1) is 0 Å². The smallest absolute Gasteiger partial charge is 0.0447 e. The Hall–Kier alpha value is -1.24. The van der Waals surface area contributed by atoms with Crippen molar-refractivity contribution in [3.63, 3.8) is 0 Å². The zero-order chi connectivity index (χ0) is 11.2. The van der Waals surface area contributed by atoms with Gasteiger partial charge >= 0.3 is 0 Å². The van der Waals surface area contributed by atoms with Gasteiger partial charge in [-0.3, -0.25) is 0 Å². The molecule has 0 bridgehead atoms. The highest BCUT2D eigenvalue weighted by atomic mass is 15.2. The summed E-state index contributed by atoms with van der Waals surface area (Å²) in [6, 6.07) is 8.68. The second-order valence-electron chi connectivity index (χ2n) is 5.05. The van der Waals surface area contributed by atoms with Crippen molar-refractivity contribution in [2.45, 2.75) is 33.1 Å². The van der Waals surface area contributed by atoms with E-state index in [1.165, 1.54) is 22.5 Å². The molecule has 0 N–H and O–H groups in total. The maximum absolute atomic E-state index is 2.32. The monoisotopic (exact) mass is 201 g/mol. The van der Waals surface area contributed by atoms with Crippen LogP contribution in [0.5, 0.6) is 0 Å². The Balaban J connectivity index is 2.71. The van der Waals surface area contributed by atoms with Crippen LogP contribution < -0.4 is 4.90 Å². The maximum atomic E-state index is 2.32. The molecule has 0 amide bonds. The van der Waals surface area contributed by atoms with Gasteiger partial charge in [0.25, 0.3) is 0 Å². The van der Waals surface area contributed by atoms with E-state index in [-0.39, 0.29) is 5.41 Å². The highest BCUT2D eigenvalue weighted by molar-refractivity contribution is 5.70. The number of hydrogen-bond acceptors (Lipinski definition) is 1. The molecule has 0 aliphatic carbocycles. The number of nitrogens with zero attached hydrogens (tertiary/aromatic N) is 1. The molecular weight excluding hydrogens is 182 g/mol. The van der Waals surface area contributed by atoms with E-state index in [0.29, 0.717) is 0 Å². The van der Waals surface area contributed by atoms with Crippen LogP contribution in [0.25, 0.3) is 0 Å². The molecule has 0 aromatic heterocycles. The summed E-state index contributed by atoms with van der Waals surface area (Å²) in [5.41, 5.74) is 5.76. The predicted octanol–water partition coefficient (Wildman–Crippen LogP) is 3.71. The van der Waals surface area contributed by atoms with Gasteiger partial charge in [0, 0.05) is 23.8 Å². The van der Waals surface area contributed by atoms with Crippen molar-refractivity contribution in [3.8, 4) is 0 Å². The van der Waals surface area contributed by atoms with E-state index in [2.05, 4.69) is 63.9 Å². The van der Waals surface area contributed by atoms with Crippen molar-refractivity contribution in [2.75, 3.05) is 11.9 Å². The number of likely N-dealkylation sites (N-methyl/N-ethyl adjacent to an activating group) is 1. The van der Waals surface area contributed by atoms with Crippen LogP contribution in [0.2, 0.25) is 0 Å². The number of rotatable bonds is 0. The normalized spacial score (nSPS) is 17.9. The van der Waals surface area contributed by atoms with Crippen molar-refractivity contribution in [2.24, 2.45) is 0 Å². The van der Waals surface area contributed by atoms with Gasteiger partial charge in [0.15, 0.2) is 0 Å². The van der Waals surface area contributed by atoms with Crippen LogP contribution in [0.1, 0.15) is 33.3 Å². The molecule has 1 heteroatoms. The molecule has 1 aliphatic heterocycles. The molecule has 2 rings (SSSR count). The fourth-order valence-electron chi connectivity index (χ4n) is 2.92. The Morgan fingerprint density at radius 1 is 1.13 bits per heavy atom. The quantitative estimate of drug-likeness (QED) is 0.618. The first-order valence-electron chi connectivity index (χ1n) is 5.47. The van der Waals surface area contributed by atoms with Gasteiger partial charge in [0.2, 0.25) is 0 Å². The largest absolute Gasteiger partial charge is 0.347 e. The molecule has 0 spiro atoms. The second-order valence-corrected chi connectivity index (χ2v) is 5.05. The first kappa shape index (κ1) is 10.3. The molecular formula is C14H19N. The minimum absolute atomic E-state index is 0.143. The summed E-state index contributed by atoms with van der Waals surface area (Å²) in [5.74, 6) is 0. The molecule has 0 atom stereocenters. The topological polar surface area (TPSA) is 3.24 Å². The van der Waals surface area contributed by atoms with E-state index in [9.17, 15) is 0 Å². The molecule has 1 aromatic carbocycles. The number of hydrogen-bond donors (Lipinski definition) is 0. The van der Waals surface area contributed by atoms with E-state index in [1.807, 2.05) is 0 Å². The molecule has 0 fully saturated rings. The molecule has 15 heavy (non-hydrogen) atoms. The van der Waals surface area contributed by atoms with E-state index >= 15 is 0 Å². The van der Waals surface area contributed by atoms with Gasteiger partial charge in [-0.25, -0.2) is 0 Å². The first-order valence-corrected chi connectivity index (χ1v) is 5.47. The molecule has 1 aliphatic rings. The van der Waals surface area contributed by atoms with Crippen LogP contribution in [0.4, 0.5) is 5.69 Å². The third kappa shape index (κ3) is 1.30. The van der Waals surface area contributed by atoms with Gasteiger partial charge in [-0.2, -0.15) is 0 Å². The van der Waals surface area contributed by atoms with Crippen molar-refractivity contribution in [1.82, 2.24) is 0 Å². The lowest BCUT2D eigenvalue weighted by Crippen LogP contribution is -2.24. The molecule has 0 saturated carbocycles. The Labute approximate surface area is 92.4 Å². The summed E-state index contributed by atoms with van der Waals surface area (Å²) in [5, 5.41) is 0. The van der Waals surface area contributed by atoms with Gasteiger partial charge in [-0.1, -0.05) is 37.6 Å². The Morgan fingerprint density at radius 2 is 1.73 bits per heavy atom. The zero-order valence-electron chi connectivity index (χ0n) is 10.3. The predicted molar refractivity (Wildman–Crippen MR) is 66.2 cm³/mol. The van der Waals surface area contributed by atoms with Gasteiger partial charge in [0.05, 0.1) is 0 Å². The van der Waals surface area contributed by atoms with Crippen LogP contribution in [-0.4, -0.2) is 7.05 Å². The van der Waals surface area contributed by atoms with Crippen molar-refractivity contribution in [3.05, 3.63) is 41.1 Å². The van der Waals surface area contributed by atoms with Gasteiger partial charge in [-0.15, -0.1) is 0 Å². The van der Waals surface area contributed by atoms with Crippen molar-refractivity contribution in [1.29, 1.82) is 0 Å². The maximum Gasteiger partial charge on any atom is 0.0447 e. The van der Waals surface area contributed by atoms with E-state index in [0.717, 1.165) is 0 Å². The summed E-state index contributed by atoms with van der Waals surface area (Å²) in [6.45, 7) is 8.99. The van der Waals surface area contributed by atoms with Crippen LogP contribution in [-0.2, 0) is 5.41 Å². The lowest BCUT2D eigenvalue weighted by atomic mass is 9.82. The summed E-state index contributed by atoms with van der Waals surface area (Å²) in [7, 11) is 2.16. The summed E-state index contributed by atoms with van der Waals surface area (Å²) in [6.07, 6.45) is 0. The standard InChI is InChI=1S/C14H19N/c1-10(2)13-14(3,4)11-8-6-7-9-12(11)15(13)5/h6-9H,1-5H3. The fourth-order valence-corrected chi connectivity index (χ4v) is 2.92. The molecule has 1 heterocycles. The molecule has 0 unspecified atom stereocenters. The molecule has 1 nitrogen and oxygen atoms in total. The Kier molecular flexibility index (Phi) is 2.14. The van der Waals surface area contributed by atoms with Crippen LogP contribution in [0.15, 0.2) is 35.5 Å². The third-order valence-corrected chi connectivity index (χ3v) is 3.34. The third-order valence-electron chi connectivity index (χ3n) is 3.34. The van der Waals surface area contributed by atoms with Crippen molar-refractivity contribution < 1.29 is 0 Å². The average Bonchev–Trinajstić information content (AvgIpc) is 2.36. The minimum atomic E-state index is 0.143. The summed E-state index contributed by atoms with van der Waals surface area (Å²) < 4.78 is 0. The number of benzene rings is 1. The van der Waals surface area contributed by atoms with Crippen LogP contribution in [0.3, 0.4) is 0 Å². The van der Waals surface area contributed by atoms with Crippen LogP contribution >= 0.6 is 0 Å². The Bertz CT molecular complexity index is 423. The minimum Gasteiger partial charge on any atom is -0.347 e. The number of anilines is 1. The highest BCUT2D eigenvalue weighted by Crippen LogP contribution is 2.47. The van der Waals surface area contributed by atoms with Crippen molar-refractivity contribution >= 4 is 5.69 Å². The summed E-state index contributed by atoms with van der Waals surface area (Å²) >= 11 is 0. The molecule has 1 aromatic rings. The first-order chi connectivity index (χ1) is 6.96. The molecule has 0 radical (unpaired) electrons. The van der Waals surface area contributed by atoms with Gasteiger partial charge in [0.1, 0.15) is 0 Å². The SMILES string of the molecule is CC(C)=C1N(C)c2ccccc2C1(C)C. The Morgan fingerprint density at radius 3 is 2.27 bits per heavy atom. The lowest BCUT2D eigenvalue weighted by molar-refractivity contribution is 0.632. The molecule has 0 saturated heterocycles. The van der Waals surface area contributed by atoms with Gasteiger partial charge < -0.3 is 4.90 Å². The fraction of sp³-hybridized carbons (Fsp3) is 0.429. The lowest BCUT2D eigenvalue weighted by Gasteiger charge is -2.25. The van der Waals surface area contributed by atoms with Gasteiger partial charge in [-0.05, 0) is 25.5 Å². The molecule has 80 valence electrons. The zero-order valence-corrected chi connectivity index (χ0v) is 10.3. The van der Waals surface area contributed by atoms with E-state index in [4.69, 9.17) is 0 Å². The second kappa shape index (κ2) is 3.13. The number of allylic oxidation sites excluding steroid dienone is 2. The van der Waals surface area contributed by atoms with E-state index in [1.54, 1.807) is 0 Å². The van der Waals surface area contributed by atoms with E-state index < -0.39 is 0 Å².